The van der Waals surface area contributed by atoms with Crippen LogP contribution in [0.25, 0.3) is 0 Å². The molecule has 0 radical (unpaired) electrons. The lowest BCUT2D eigenvalue weighted by Gasteiger charge is -1.95. The summed E-state index contributed by atoms with van der Waals surface area (Å²) in [5.74, 6) is 0. The predicted octanol–water partition coefficient (Wildman–Crippen LogP) is 1.58. The van der Waals surface area contributed by atoms with Gasteiger partial charge in [0.05, 0.1) is 6.20 Å². The Morgan fingerprint density at radius 2 is 2.46 bits per heavy atom. The molecule has 4 nitrogen and oxygen atoms in total. The monoisotopic (exact) mass is 179 g/mol. The van der Waals surface area contributed by atoms with Gasteiger partial charge in [0, 0.05) is 11.8 Å². The van der Waals surface area contributed by atoms with Gasteiger partial charge in [-0.3, -0.25) is 9.79 Å². The highest BCUT2D eigenvalue weighted by Gasteiger charge is 1.99. The van der Waals surface area contributed by atoms with E-state index in [0.29, 0.717) is 5.69 Å². The van der Waals surface area contributed by atoms with Crippen molar-refractivity contribution in [2.24, 2.45) is 4.99 Å². The van der Waals surface area contributed by atoms with Gasteiger partial charge >= 0.3 is 0 Å². The van der Waals surface area contributed by atoms with E-state index in [-0.39, 0.29) is 5.56 Å². The van der Waals surface area contributed by atoms with Gasteiger partial charge < -0.3 is 0 Å². The lowest BCUT2D eigenvalue weighted by atomic mass is 10.3. The average Bonchev–Trinajstić information content (AvgIpc) is 2.10. The number of rotatable bonds is 3. The van der Waals surface area contributed by atoms with E-state index in [9.17, 15) is 4.79 Å². The SMILES string of the molecule is CCC/C=N\c1c(C)cn[nH]c1=O. The summed E-state index contributed by atoms with van der Waals surface area (Å²) in [5.41, 5.74) is 1.03. The van der Waals surface area contributed by atoms with Gasteiger partial charge in [0.1, 0.15) is 5.69 Å². The van der Waals surface area contributed by atoms with Gasteiger partial charge in [-0.2, -0.15) is 5.10 Å². The Morgan fingerprint density at radius 1 is 1.69 bits per heavy atom. The Morgan fingerprint density at radius 3 is 3.08 bits per heavy atom. The predicted molar refractivity (Wildman–Crippen MR) is 52.7 cm³/mol. The second kappa shape index (κ2) is 4.54. The van der Waals surface area contributed by atoms with E-state index in [4.69, 9.17) is 0 Å². The van der Waals surface area contributed by atoms with Crippen molar-refractivity contribution in [2.75, 3.05) is 0 Å². The summed E-state index contributed by atoms with van der Waals surface area (Å²) in [6.07, 6.45) is 5.28. The summed E-state index contributed by atoms with van der Waals surface area (Å²) in [4.78, 5) is 15.3. The van der Waals surface area contributed by atoms with Crippen LogP contribution in [-0.4, -0.2) is 16.4 Å². The van der Waals surface area contributed by atoms with Crippen LogP contribution in [0.4, 0.5) is 5.69 Å². The molecule has 0 aliphatic rings. The van der Waals surface area contributed by atoms with Gasteiger partial charge in [-0.1, -0.05) is 13.3 Å². The molecule has 0 aromatic carbocycles. The average molecular weight is 179 g/mol. The van der Waals surface area contributed by atoms with Crippen molar-refractivity contribution in [3.63, 3.8) is 0 Å². The van der Waals surface area contributed by atoms with Gasteiger partial charge in [0.15, 0.2) is 0 Å². The van der Waals surface area contributed by atoms with Gasteiger partial charge in [-0.15, -0.1) is 0 Å². The molecule has 0 saturated carbocycles. The molecule has 0 spiro atoms. The first-order valence-electron chi connectivity index (χ1n) is 4.32. The van der Waals surface area contributed by atoms with Crippen LogP contribution < -0.4 is 5.56 Å². The van der Waals surface area contributed by atoms with Gasteiger partial charge in [0.25, 0.3) is 5.56 Å². The lowest BCUT2D eigenvalue weighted by Crippen LogP contribution is -2.08. The number of hydrogen-bond acceptors (Lipinski definition) is 3. The maximum Gasteiger partial charge on any atom is 0.290 e. The Labute approximate surface area is 76.7 Å². The maximum absolute atomic E-state index is 11.2. The van der Waals surface area contributed by atoms with Crippen LogP contribution in [0, 0.1) is 6.92 Å². The van der Waals surface area contributed by atoms with Crippen molar-refractivity contribution in [1.82, 2.24) is 10.2 Å². The first-order valence-corrected chi connectivity index (χ1v) is 4.32. The number of hydrogen-bond donors (Lipinski definition) is 1. The number of nitrogens with zero attached hydrogens (tertiary/aromatic N) is 2. The zero-order valence-corrected chi connectivity index (χ0v) is 7.87. The molecule has 0 amide bonds. The van der Waals surface area contributed by atoms with Crippen LogP contribution in [0.3, 0.4) is 0 Å². The molecule has 0 aliphatic heterocycles. The quantitative estimate of drug-likeness (QED) is 0.716. The van der Waals surface area contributed by atoms with Crippen molar-refractivity contribution in [3.8, 4) is 0 Å². The minimum Gasteiger partial charge on any atom is -0.266 e. The van der Waals surface area contributed by atoms with Crippen LogP contribution in [0.5, 0.6) is 0 Å². The van der Waals surface area contributed by atoms with E-state index in [2.05, 4.69) is 22.1 Å². The molecule has 1 heterocycles. The fourth-order valence-corrected chi connectivity index (χ4v) is 0.926. The molecular formula is C9H13N3O. The molecule has 0 bridgehead atoms. The third-order valence-electron chi connectivity index (χ3n) is 1.65. The highest BCUT2D eigenvalue weighted by atomic mass is 16.1. The minimum absolute atomic E-state index is 0.229. The van der Waals surface area contributed by atoms with Crippen molar-refractivity contribution < 1.29 is 0 Å². The van der Waals surface area contributed by atoms with Crippen LogP contribution in [0.1, 0.15) is 25.3 Å². The highest BCUT2D eigenvalue weighted by molar-refractivity contribution is 5.63. The molecule has 0 unspecified atom stereocenters. The van der Waals surface area contributed by atoms with E-state index in [1.54, 1.807) is 12.4 Å². The van der Waals surface area contributed by atoms with E-state index in [1.165, 1.54) is 0 Å². The minimum atomic E-state index is -0.229. The number of unbranched alkanes of at least 4 members (excludes halogenated alkanes) is 1. The molecular weight excluding hydrogens is 166 g/mol. The number of aliphatic imine (C=N–C) groups is 1. The first kappa shape index (κ1) is 9.64. The molecule has 1 aromatic rings. The summed E-state index contributed by atoms with van der Waals surface area (Å²) in [7, 11) is 0. The lowest BCUT2D eigenvalue weighted by molar-refractivity contribution is 0.968. The largest absolute Gasteiger partial charge is 0.290 e. The summed E-state index contributed by atoms with van der Waals surface area (Å²) < 4.78 is 0. The maximum atomic E-state index is 11.2. The van der Waals surface area contributed by atoms with Gasteiger partial charge in [-0.25, -0.2) is 5.10 Å². The molecule has 0 aliphatic carbocycles. The smallest absolute Gasteiger partial charge is 0.266 e. The first-order chi connectivity index (χ1) is 6.25. The Hall–Kier alpha value is -1.45. The van der Waals surface area contributed by atoms with Crippen molar-refractivity contribution >= 4 is 11.9 Å². The number of aromatic nitrogens is 2. The van der Waals surface area contributed by atoms with Gasteiger partial charge in [-0.05, 0) is 13.3 Å². The normalized spacial score (nSPS) is 10.9. The molecule has 0 saturated heterocycles. The fraction of sp³-hybridized carbons (Fsp3) is 0.444. The summed E-state index contributed by atoms with van der Waals surface area (Å²) in [5, 5.41) is 6.01. The van der Waals surface area contributed by atoms with Crippen molar-refractivity contribution in [2.45, 2.75) is 26.7 Å². The number of aromatic amines is 1. The summed E-state index contributed by atoms with van der Waals surface area (Å²) in [6.45, 7) is 3.89. The van der Waals surface area contributed by atoms with E-state index >= 15 is 0 Å². The molecule has 0 atom stereocenters. The fourth-order valence-electron chi connectivity index (χ4n) is 0.926. The number of aryl methyl sites for hydroxylation is 1. The zero-order valence-electron chi connectivity index (χ0n) is 7.87. The number of H-pyrrole nitrogens is 1. The standard InChI is InChI=1S/C9H13N3O/c1-3-4-5-10-8-7(2)6-11-12-9(8)13/h5-6H,3-4H2,1-2H3,(H,12,13)/b10-5-. The third-order valence-corrected chi connectivity index (χ3v) is 1.65. The molecule has 4 heteroatoms. The van der Waals surface area contributed by atoms with E-state index in [0.717, 1.165) is 18.4 Å². The third kappa shape index (κ3) is 2.50. The Kier molecular flexibility index (Phi) is 3.37. The van der Waals surface area contributed by atoms with E-state index in [1.807, 2.05) is 6.92 Å². The van der Waals surface area contributed by atoms with Crippen LogP contribution in [0.2, 0.25) is 0 Å². The van der Waals surface area contributed by atoms with Crippen molar-refractivity contribution in [1.29, 1.82) is 0 Å². The summed E-state index contributed by atoms with van der Waals surface area (Å²) >= 11 is 0. The van der Waals surface area contributed by atoms with Crippen LogP contribution in [0.15, 0.2) is 16.0 Å². The Balaban J connectivity index is 2.94. The molecule has 70 valence electrons. The zero-order chi connectivity index (χ0) is 9.68. The molecule has 13 heavy (non-hydrogen) atoms. The second-order valence-corrected chi connectivity index (χ2v) is 2.83. The molecule has 0 fully saturated rings. The van der Waals surface area contributed by atoms with Gasteiger partial charge in [0.2, 0.25) is 0 Å². The molecule has 1 rings (SSSR count). The van der Waals surface area contributed by atoms with Crippen molar-refractivity contribution in [3.05, 3.63) is 22.1 Å². The van der Waals surface area contributed by atoms with E-state index < -0.39 is 0 Å². The highest BCUT2D eigenvalue weighted by Crippen LogP contribution is 2.08. The second-order valence-electron chi connectivity index (χ2n) is 2.83. The molecule has 1 aromatic heterocycles. The number of nitrogens with one attached hydrogen (secondary N) is 1. The topological polar surface area (TPSA) is 58.1 Å². The summed E-state index contributed by atoms with van der Waals surface area (Å²) in [6, 6.07) is 0. The molecule has 1 N–H and O–H groups in total. The Bertz CT molecular complexity index is 354. The van der Waals surface area contributed by atoms with Crippen LogP contribution in [-0.2, 0) is 0 Å². The van der Waals surface area contributed by atoms with Crippen LogP contribution >= 0.6 is 0 Å².